The van der Waals surface area contributed by atoms with Crippen LogP contribution in [0.2, 0.25) is 0 Å². The first-order valence-electron chi connectivity index (χ1n) is 9.06. The molecule has 0 radical (unpaired) electrons. The van der Waals surface area contributed by atoms with Gasteiger partial charge in [-0.25, -0.2) is 4.98 Å². The van der Waals surface area contributed by atoms with Crippen molar-refractivity contribution in [2.75, 3.05) is 11.4 Å². The minimum absolute atomic E-state index is 0.210. The molecule has 0 aliphatic carbocycles. The molecule has 0 aliphatic heterocycles. The summed E-state index contributed by atoms with van der Waals surface area (Å²) in [6.07, 6.45) is 6.09. The van der Waals surface area contributed by atoms with Gasteiger partial charge in [-0.3, -0.25) is 0 Å². The summed E-state index contributed by atoms with van der Waals surface area (Å²) in [5, 5.41) is 4.63. The molecule has 24 heavy (non-hydrogen) atoms. The van der Waals surface area contributed by atoms with Crippen LogP contribution in [-0.4, -0.2) is 21.1 Å². The fourth-order valence-electron chi connectivity index (χ4n) is 3.11. The lowest BCUT2D eigenvalue weighted by Gasteiger charge is -2.31. The molecular weight excluding hydrogens is 296 g/mol. The van der Waals surface area contributed by atoms with E-state index in [1.54, 1.807) is 0 Å². The van der Waals surface area contributed by atoms with Gasteiger partial charge in [0.25, 0.3) is 0 Å². The number of aryl methyl sites for hydroxylation is 2. The van der Waals surface area contributed by atoms with E-state index in [0.717, 1.165) is 55.1 Å². The van der Waals surface area contributed by atoms with Gasteiger partial charge < -0.3 is 4.90 Å². The molecule has 2 heterocycles. The number of nitrogens with zero attached hydrogens (tertiary/aromatic N) is 4. The third kappa shape index (κ3) is 4.16. The van der Waals surface area contributed by atoms with Crippen molar-refractivity contribution in [3.63, 3.8) is 0 Å². The van der Waals surface area contributed by atoms with Crippen LogP contribution in [0, 0.1) is 12.3 Å². The molecule has 0 saturated heterocycles. The highest BCUT2D eigenvalue weighted by Gasteiger charge is 2.20. The summed E-state index contributed by atoms with van der Waals surface area (Å²) in [4.78, 5) is 7.05. The van der Waals surface area contributed by atoms with E-state index in [2.05, 4.69) is 64.2 Å². The zero-order valence-electron chi connectivity index (χ0n) is 16.2. The van der Waals surface area contributed by atoms with E-state index in [0.29, 0.717) is 0 Å². The average Bonchev–Trinajstić information content (AvgIpc) is 2.85. The molecule has 0 bridgehead atoms. The second-order valence-corrected chi connectivity index (χ2v) is 7.87. The first-order chi connectivity index (χ1) is 11.3. The molecule has 4 heteroatoms. The van der Waals surface area contributed by atoms with E-state index >= 15 is 0 Å². The molecule has 0 atom stereocenters. The molecule has 0 aromatic carbocycles. The van der Waals surface area contributed by atoms with Crippen LogP contribution >= 0.6 is 0 Å². The Kier molecular flexibility index (Phi) is 5.68. The average molecular weight is 329 g/mol. The predicted octanol–water partition coefficient (Wildman–Crippen LogP) is 5.16. The van der Waals surface area contributed by atoms with Crippen LogP contribution < -0.4 is 4.90 Å². The molecule has 2 aromatic rings. The highest BCUT2D eigenvalue weighted by Crippen LogP contribution is 2.30. The summed E-state index contributed by atoms with van der Waals surface area (Å²) in [7, 11) is 0. The van der Waals surface area contributed by atoms with Gasteiger partial charge >= 0.3 is 0 Å². The Labute approximate surface area is 146 Å². The molecule has 0 fully saturated rings. The molecule has 0 saturated carbocycles. The van der Waals surface area contributed by atoms with Crippen LogP contribution in [-0.2, 0) is 6.42 Å². The van der Waals surface area contributed by atoms with Gasteiger partial charge in [0, 0.05) is 29.6 Å². The summed E-state index contributed by atoms with van der Waals surface area (Å²) < 4.78 is 1.99. The maximum absolute atomic E-state index is 4.74. The molecule has 0 spiro atoms. The van der Waals surface area contributed by atoms with Crippen molar-refractivity contribution in [2.24, 2.45) is 5.41 Å². The lowest BCUT2D eigenvalue weighted by Crippen LogP contribution is -2.28. The van der Waals surface area contributed by atoms with Crippen LogP contribution in [0.3, 0.4) is 0 Å². The van der Waals surface area contributed by atoms with E-state index in [9.17, 15) is 0 Å². The van der Waals surface area contributed by atoms with Crippen molar-refractivity contribution in [3.05, 3.63) is 35.8 Å². The summed E-state index contributed by atoms with van der Waals surface area (Å²) in [5.41, 5.74) is 4.59. The standard InChI is InChI=1S/C20H32N4/c1-8-10-17-14-21-24-18(12-15(3)22-19(17)24)23(11-9-2)16(4)13-20(5,6)7/h12,14H,4,8-11,13H2,1-3,5-7H3. The molecule has 2 rings (SSSR count). The molecule has 2 aromatic heterocycles. The van der Waals surface area contributed by atoms with Crippen LogP contribution in [0.25, 0.3) is 5.65 Å². The smallest absolute Gasteiger partial charge is 0.160 e. The van der Waals surface area contributed by atoms with Gasteiger partial charge in [-0.05, 0) is 31.6 Å². The van der Waals surface area contributed by atoms with Gasteiger partial charge in [0.15, 0.2) is 5.65 Å². The van der Waals surface area contributed by atoms with E-state index in [1.165, 1.54) is 5.56 Å². The van der Waals surface area contributed by atoms with Crippen molar-refractivity contribution in [1.29, 1.82) is 0 Å². The van der Waals surface area contributed by atoms with E-state index < -0.39 is 0 Å². The third-order valence-corrected chi connectivity index (χ3v) is 4.01. The quantitative estimate of drug-likeness (QED) is 0.704. The van der Waals surface area contributed by atoms with Gasteiger partial charge in [0.05, 0.1) is 6.20 Å². The third-order valence-electron chi connectivity index (χ3n) is 4.01. The SMILES string of the molecule is C=C(CC(C)(C)C)N(CCC)c1cc(C)nc2c(CCC)cnn12. The summed E-state index contributed by atoms with van der Waals surface area (Å²) in [6.45, 7) is 18.5. The molecular formula is C20H32N4. The summed E-state index contributed by atoms with van der Waals surface area (Å²) >= 11 is 0. The maximum Gasteiger partial charge on any atom is 0.160 e. The lowest BCUT2D eigenvalue weighted by molar-refractivity contribution is 0.404. The molecule has 0 N–H and O–H groups in total. The van der Waals surface area contributed by atoms with Gasteiger partial charge in [-0.2, -0.15) is 9.61 Å². The Hall–Kier alpha value is -1.84. The number of hydrogen-bond donors (Lipinski definition) is 0. The van der Waals surface area contributed by atoms with Crippen molar-refractivity contribution in [2.45, 2.75) is 67.2 Å². The number of hydrogen-bond acceptors (Lipinski definition) is 3. The minimum atomic E-state index is 0.210. The maximum atomic E-state index is 4.74. The molecule has 132 valence electrons. The molecule has 4 nitrogen and oxygen atoms in total. The summed E-state index contributed by atoms with van der Waals surface area (Å²) in [6, 6.07) is 2.12. The highest BCUT2D eigenvalue weighted by atomic mass is 15.3. The minimum Gasteiger partial charge on any atom is -0.331 e. The first kappa shape index (κ1) is 18.5. The Morgan fingerprint density at radius 3 is 2.54 bits per heavy atom. The Bertz CT molecular complexity index is 706. The Morgan fingerprint density at radius 1 is 1.25 bits per heavy atom. The number of fused-ring (bicyclic) bond motifs is 1. The van der Waals surface area contributed by atoms with Crippen molar-refractivity contribution in [3.8, 4) is 0 Å². The van der Waals surface area contributed by atoms with Gasteiger partial charge in [0.2, 0.25) is 0 Å². The van der Waals surface area contributed by atoms with Crippen LogP contribution in [0.15, 0.2) is 24.5 Å². The van der Waals surface area contributed by atoms with Crippen LogP contribution in [0.5, 0.6) is 0 Å². The fraction of sp³-hybridized carbons (Fsp3) is 0.600. The summed E-state index contributed by atoms with van der Waals surface area (Å²) in [5.74, 6) is 1.08. The van der Waals surface area contributed by atoms with Gasteiger partial charge in [0.1, 0.15) is 5.82 Å². The molecule has 0 aliphatic rings. The monoisotopic (exact) mass is 328 g/mol. The normalized spacial score (nSPS) is 11.9. The Morgan fingerprint density at radius 2 is 1.96 bits per heavy atom. The fourth-order valence-corrected chi connectivity index (χ4v) is 3.11. The van der Waals surface area contributed by atoms with Gasteiger partial charge in [-0.1, -0.05) is 47.6 Å². The van der Waals surface area contributed by atoms with Crippen molar-refractivity contribution < 1.29 is 0 Å². The number of rotatable bonds is 7. The second-order valence-electron chi connectivity index (χ2n) is 7.87. The number of anilines is 1. The van der Waals surface area contributed by atoms with Crippen LogP contribution in [0.4, 0.5) is 5.82 Å². The molecule has 0 unspecified atom stereocenters. The number of aromatic nitrogens is 3. The molecule has 0 amide bonds. The second kappa shape index (κ2) is 7.37. The lowest BCUT2D eigenvalue weighted by atomic mass is 9.90. The topological polar surface area (TPSA) is 33.4 Å². The zero-order chi connectivity index (χ0) is 17.9. The van der Waals surface area contributed by atoms with Crippen LogP contribution in [0.1, 0.15) is 65.1 Å². The highest BCUT2D eigenvalue weighted by molar-refractivity contribution is 5.57. The zero-order valence-corrected chi connectivity index (χ0v) is 16.2. The predicted molar refractivity (Wildman–Crippen MR) is 103 cm³/mol. The largest absolute Gasteiger partial charge is 0.331 e. The number of allylic oxidation sites excluding steroid dienone is 1. The first-order valence-corrected chi connectivity index (χ1v) is 9.06. The Balaban J connectivity index is 2.51. The van der Waals surface area contributed by atoms with Gasteiger partial charge in [-0.15, -0.1) is 0 Å². The van der Waals surface area contributed by atoms with E-state index in [1.807, 2.05) is 10.7 Å². The van der Waals surface area contributed by atoms with E-state index in [-0.39, 0.29) is 5.41 Å². The van der Waals surface area contributed by atoms with Crippen molar-refractivity contribution >= 4 is 11.5 Å². The van der Waals surface area contributed by atoms with Crippen molar-refractivity contribution in [1.82, 2.24) is 14.6 Å². The van der Waals surface area contributed by atoms with E-state index in [4.69, 9.17) is 4.98 Å².